The summed E-state index contributed by atoms with van der Waals surface area (Å²) in [5, 5.41) is 8.62. The van der Waals surface area contributed by atoms with E-state index in [9.17, 15) is 4.39 Å². The molecule has 1 aromatic carbocycles. The molecule has 0 radical (unpaired) electrons. The van der Waals surface area contributed by atoms with Crippen molar-refractivity contribution < 1.29 is 9.13 Å². The minimum atomic E-state index is -0.139. The van der Waals surface area contributed by atoms with Crippen molar-refractivity contribution in [2.45, 2.75) is 75.7 Å². The zero-order valence-corrected chi connectivity index (χ0v) is 16.5. The molecule has 0 aliphatic heterocycles. The zero-order valence-electron chi connectivity index (χ0n) is 16.5. The molecule has 3 heteroatoms. The molecular formula is C24H32FNO. The first-order valence-electron chi connectivity index (χ1n) is 10.5. The van der Waals surface area contributed by atoms with Crippen LogP contribution in [0.3, 0.4) is 0 Å². The monoisotopic (exact) mass is 369 g/mol. The molecule has 2 nitrogen and oxygen atoms in total. The lowest BCUT2D eigenvalue weighted by Crippen LogP contribution is -2.38. The van der Waals surface area contributed by atoms with Crippen LogP contribution in [0.25, 0.3) is 0 Å². The summed E-state index contributed by atoms with van der Waals surface area (Å²) in [6.45, 7) is 0. The highest BCUT2D eigenvalue weighted by Crippen LogP contribution is 2.46. The average molecular weight is 370 g/mol. The van der Waals surface area contributed by atoms with E-state index in [4.69, 9.17) is 10.00 Å². The van der Waals surface area contributed by atoms with Gasteiger partial charge in [0.05, 0.1) is 11.7 Å². The number of hydrogen-bond donors (Lipinski definition) is 0. The number of rotatable bonds is 6. The molecule has 2 aliphatic carbocycles. The second kappa shape index (κ2) is 9.51. The zero-order chi connectivity index (χ0) is 19.1. The Morgan fingerprint density at radius 1 is 1.07 bits per heavy atom. The van der Waals surface area contributed by atoms with E-state index in [-0.39, 0.29) is 11.4 Å². The first-order valence-corrected chi connectivity index (χ1v) is 10.5. The number of allylic oxidation sites excluding steroid dienone is 2. The summed E-state index contributed by atoms with van der Waals surface area (Å²) >= 11 is 0. The number of ether oxygens (including phenoxy) is 1. The van der Waals surface area contributed by atoms with E-state index in [1.165, 1.54) is 44.1 Å². The fraction of sp³-hybridized carbons (Fsp3) is 0.625. The fourth-order valence-corrected chi connectivity index (χ4v) is 5.34. The molecule has 2 saturated carbocycles. The normalized spacial score (nSPS) is 31.7. The van der Waals surface area contributed by atoms with Crippen LogP contribution in [0.2, 0.25) is 0 Å². The summed E-state index contributed by atoms with van der Waals surface area (Å²) in [6, 6.07) is 9.19. The molecule has 0 aromatic heterocycles. The van der Waals surface area contributed by atoms with Crippen LogP contribution in [0.1, 0.15) is 75.7 Å². The molecule has 2 fully saturated rings. The van der Waals surface area contributed by atoms with E-state index in [0.29, 0.717) is 5.92 Å². The van der Waals surface area contributed by atoms with E-state index in [2.05, 4.69) is 6.07 Å². The topological polar surface area (TPSA) is 33.0 Å². The average Bonchev–Trinajstić information content (AvgIpc) is 2.72. The van der Waals surface area contributed by atoms with Crippen molar-refractivity contribution in [3.05, 3.63) is 47.8 Å². The quantitative estimate of drug-likeness (QED) is 0.534. The number of nitriles is 1. The minimum absolute atomic E-state index is 0.0155. The van der Waals surface area contributed by atoms with Crippen molar-refractivity contribution in [3.63, 3.8) is 0 Å². The largest absolute Gasteiger partial charge is 0.378 e. The third kappa shape index (κ3) is 5.20. The highest BCUT2D eigenvalue weighted by Gasteiger charge is 2.38. The summed E-state index contributed by atoms with van der Waals surface area (Å²) in [6.07, 6.45) is 15.4. The summed E-state index contributed by atoms with van der Waals surface area (Å²) in [4.78, 5) is 0. The van der Waals surface area contributed by atoms with Gasteiger partial charge in [-0.15, -0.1) is 0 Å². The molecule has 27 heavy (non-hydrogen) atoms. The van der Waals surface area contributed by atoms with Gasteiger partial charge in [-0.05, 0) is 99.7 Å². The molecular weight excluding hydrogens is 337 g/mol. The van der Waals surface area contributed by atoms with Gasteiger partial charge in [0.25, 0.3) is 0 Å². The second-order valence-corrected chi connectivity index (χ2v) is 8.46. The first kappa shape index (κ1) is 20.1. The smallest absolute Gasteiger partial charge is 0.123 e. The lowest BCUT2D eigenvalue weighted by molar-refractivity contribution is -0.0614. The van der Waals surface area contributed by atoms with E-state index in [1.807, 2.05) is 25.3 Å². The van der Waals surface area contributed by atoms with Crippen molar-refractivity contribution in [2.24, 2.45) is 11.8 Å². The second-order valence-electron chi connectivity index (χ2n) is 8.46. The van der Waals surface area contributed by atoms with Gasteiger partial charge in [0.1, 0.15) is 5.82 Å². The fourth-order valence-electron chi connectivity index (χ4n) is 5.34. The lowest BCUT2D eigenvalue weighted by atomic mass is 9.66. The van der Waals surface area contributed by atoms with Crippen LogP contribution in [0.4, 0.5) is 4.39 Å². The first-order chi connectivity index (χ1) is 13.2. The predicted molar refractivity (Wildman–Crippen MR) is 107 cm³/mol. The van der Waals surface area contributed by atoms with Crippen LogP contribution < -0.4 is 0 Å². The number of methoxy groups -OCH3 is 1. The molecule has 0 heterocycles. The van der Waals surface area contributed by atoms with E-state index < -0.39 is 0 Å². The number of benzene rings is 1. The third-order valence-corrected chi connectivity index (χ3v) is 7.11. The third-order valence-electron chi connectivity index (χ3n) is 7.11. The minimum Gasteiger partial charge on any atom is -0.378 e. The molecule has 0 bridgehead atoms. The molecule has 0 saturated heterocycles. The number of halogens is 1. The maximum Gasteiger partial charge on any atom is 0.123 e. The van der Waals surface area contributed by atoms with Crippen molar-refractivity contribution >= 4 is 0 Å². The van der Waals surface area contributed by atoms with Crippen molar-refractivity contribution in [1.82, 2.24) is 0 Å². The summed E-state index contributed by atoms with van der Waals surface area (Å²) < 4.78 is 19.1. The van der Waals surface area contributed by atoms with Crippen molar-refractivity contribution in [1.29, 1.82) is 5.26 Å². The molecule has 2 aliphatic rings. The number of nitrogens with zero attached hydrogens (tertiary/aromatic N) is 1. The summed E-state index contributed by atoms with van der Waals surface area (Å²) in [5.74, 6) is 2.14. The summed E-state index contributed by atoms with van der Waals surface area (Å²) in [5.41, 5.74) is 1.32. The van der Waals surface area contributed by atoms with Crippen LogP contribution >= 0.6 is 0 Å². The molecule has 0 atom stereocenters. The van der Waals surface area contributed by atoms with E-state index in [1.54, 1.807) is 18.2 Å². The van der Waals surface area contributed by atoms with E-state index >= 15 is 0 Å². The van der Waals surface area contributed by atoms with Crippen molar-refractivity contribution in [3.8, 4) is 6.07 Å². The van der Waals surface area contributed by atoms with Crippen LogP contribution in [-0.4, -0.2) is 12.7 Å². The Kier molecular flexibility index (Phi) is 7.07. The van der Waals surface area contributed by atoms with Crippen molar-refractivity contribution in [2.75, 3.05) is 7.11 Å². The molecule has 0 amide bonds. The van der Waals surface area contributed by atoms with Gasteiger partial charge >= 0.3 is 0 Å². The molecule has 0 spiro atoms. The molecule has 0 unspecified atom stereocenters. The highest BCUT2D eigenvalue weighted by molar-refractivity contribution is 5.21. The van der Waals surface area contributed by atoms with Gasteiger partial charge in [-0.25, -0.2) is 4.39 Å². The van der Waals surface area contributed by atoms with Crippen LogP contribution in [-0.2, 0) is 4.74 Å². The van der Waals surface area contributed by atoms with Gasteiger partial charge in [0, 0.05) is 13.2 Å². The van der Waals surface area contributed by atoms with E-state index in [0.717, 1.165) is 37.5 Å². The predicted octanol–water partition coefficient (Wildman–Crippen LogP) is 6.53. The van der Waals surface area contributed by atoms with Crippen LogP contribution in [0.15, 0.2) is 36.4 Å². The standard InChI is InChI=1S/C24H32FNO/c1-27-24(15-3-2-4-18-26)16-13-22(14-17-24)20-7-5-19(6-8-20)21-9-11-23(25)12-10-21/h2,4,9-12,19-20,22H,3,5-8,13-17H2,1H3/t19-,20-,22-,24+. The lowest BCUT2D eigenvalue weighted by Gasteiger charge is -2.43. The Labute approximate surface area is 163 Å². The molecule has 1 aromatic rings. The van der Waals surface area contributed by atoms with Crippen LogP contribution in [0, 0.1) is 29.0 Å². The van der Waals surface area contributed by atoms with Crippen LogP contribution in [0.5, 0.6) is 0 Å². The van der Waals surface area contributed by atoms with Gasteiger partial charge in [0.2, 0.25) is 0 Å². The Morgan fingerprint density at radius 3 is 2.30 bits per heavy atom. The maximum absolute atomic E-state index is 13.1. The number of hydrogen-bond acceptors (Lipinski definition) is 2. The molecule has 0 N–H and O–H groups in total. The highest BCUT2D eigenvalue weighted by atomic mass is 19.1. The molecule has 3 rings (SSSR count). The van der Waals surface area contributed by atoms with Gasteiger partial charge in [0.15, 0.2) is 0 Å². The van der Waals surface area contributed by atoms with Gasteiger partial charge < -0.3 is 4.74 Å². The Morgan fingerprint density at radius 2 is 1.70 bits per heavy atom. The van der Waals surface area contributed by atoms with Gasteiger partial charge in [-0.2, -0.15) is 5.26 Å². The van der Waals surface area contributed by atoms with Gasteiger partial charge in [-0.1, -0.05) is 18.2 Å². The SMILES string of the molecule is CO[C@]1(CCC=CC#N)CC[C@H]([C@H]2CC[C@H](c3ccc(F)cc3)CC2)CC1. The Hall–Kier alpha value is -1.66. The summed E-state index contributed by atoms with van der Waals surface area (Å²) in [7, 11) is 1.85. The van der Waals surface area contributed by atoms with Gasteiger partial charge in [-0.3, -0.25) is 0 Å². The Bertz CT molecular complexity index is 644. The maximum atomic E-state index is 13.1. The molecule has 146 valence electrons. The Balaban J connectivity index is 1.47.